The first-order valence-corrected chi connectivity index (χ1v) is 12.9. The van der Waals surface area contributed by atoms with Gasteiger partial charge in [-0.25, -0.2) is 9.80 Å². The molecule has 2 amide bonds. The van der Waals surface area contributed by atoms with E-state index in [0.717, 1.165) is 57.9 Å². The van der Waals surface area contributed by atoms with Gasteiger partial charge in [0.2, 0.25) is 5.91 Å². The topological polar surface area (TPSA) is 77.2 Å². The maximum atomic E-state index is 13.4. The van der Waals surface area contributed by atoms with E-state index in [-0.39, 0.29) is 36.2 Å². The first-order chi connectivity index (χ1) is 15.4. The Kier molecular flexibility index (Phi) is 6.38. The summed E-state index contributed by atoms with van der Waals surface area (Å²) in [5.41, 5.74) is 3.62. The van der Waals surface area contributed by atoms with Crippen molar-refractivity contribution in [3.8, 4) is 0 Å². The summed E-state index contributed by atoms with van der Waals surface area (Å²) in [4.78, 5) is 29.9. The van der Waals surface area contributed by atoms with Crippen molar-refractivity contribution in [2.24, 2.45) is 17.8 Å². The first-order valence-electron chi connectivity index (χ1n) is 12.9. The lowest BCUT2D eigenvalue weighted by molar-refractivity contribution is -0.142. The molecule has 0 aromatic heterocycles. The fourth-order valence-electron chi connectivity index (χ4n) is 6.84. The summed E-state index contributed by atoms with van der Waals surface area (Å²) in [5, 5.41) is 5.83. The standard InChI is InChI=1S/C24H41N5O3/c1-15-8-21(12-25-10-15)32-24(31)27-13-16(2)29(17(3)30)22-7-4-18(9-23(22)27)19-11-26-28(14-19)20-5-6-20/h15-16,18-23,25-26H,4-14H2,1-3H3/t15?,16-,18?,19?,21?,22?,23?/m0/s1. The summed E-state index contributed by atoms with van der Waals surface area (Å²) in [6, 6.07) is 0.931. The van der Waals surface area contributed by atoms with E-state index in [2.05, 4.69) is 34.5 Å². The average molecular weight is 448 g/mol. The Bertz CT molecular complexity index is 716. The molecule has 0 aromatic carbocycles. The van der Waals surface area contributed by atoms with Crippen LogP contribution in [-0.4, -0.2) is 89.8 Å². The highest BCUT2D eigenvalue weighted by atomic mass is 16.6. The van der Waals surface area contributed by atoms with Crippen molar-refractivity contribution in [1.29, 1.82) is 0 Å². The van der Waals surface area contributed by atoms with Crippen LogP contribution in [0.4, 0.5) is 4.79 Å². The third-order valence-electron chi connectivity index (χ3n) is 8.55. The van der Waals surface area contributed by atoms with Gasteiger partial charge in [0, 0.05) is 45.2 Å². The van der Waals surface area contributed by atoms with Crippen LogP contribution >= 0.6 is 0 Å². The van der Waals surface area contributed by atoms with Gasteiger partial charge in [-0.3, -0.25) is 10.2 Å². The maximum absolute atomic E-state index is 13.4. The number of carbonyl (C=O) groups is 2. The molecular weight excluding hydrogens is 406 g/mol. The largest absolute Gasteiger partial charge is 0.445 e. The Balaban J connectivity index is 1.29. The molecule has 0 spiro atoms. The summed E-state index contributed by atoms with van der Waals surface area (Å²) in [5.74, 6) is 1.86. The van der Waals surface area contributed by atoms with Gasteiger partial charge in [-0.1, -0.05) is 6.92 Å². The van der Waals surface area contributed by atoms with Crippen LogP contribution in [-0.2, 0) is 9.53 Å². The minimum atomic E-state index is -0.180. The Morgan fingerprint density at radius 2 is 1.72 bits per heavy atom. The molecule has 180 valence electrons. The number of hydrogen-bond donors (Lipinski definition) is 2. The average Bonchev–Trinajstić information content (AvgIpc) is 3.49. The molecule has 2 N–H and O–H groups in total. The van der Waals surface area contributed by atoms with Gasteiger partial charge in [0.15, 0.2) is 0 Å². The number of rotatable bonds is 3. The van der Waals surface area contributed by atoms with Crippen molar-refractivity contribution in [1.82, 2.24) is 25.6 Å². The van der Waals surface area contributed by atoms with Crippen molar-refractivity contribution in [2.45, 2.75) is 89.6 Å². The van der Waals surface area contributed by atoms with Crippen LogP contribution in [0.3, 0.4) is 0 Å². The van der Waals surface area contributed by atoms with E-state index >= 15 is 0 Å². The Morgan fingerprint density at radius 1 is 0.906 bits per heavy atom. The van der Waals surface area contributed by atoms with Crippen LogP contribution in [0.1, 0.15) is 59.3 Å². The van der Waals surface area contributed by atoms with E-state index in [1.165, 1.54) is 12.8 Å². The lowest BCUT2D eigenvalue weighted by Gasteiger charge is -2.54. The first kappa shape index (κ1) is 22.4. The van der Waals surface area contributed by atoms with E-state index in [0.29, 0.717) is 24.3 Å². The fourth-order valence-corrected chi connectivity index (χ4v) is 6.84. The molecule has 3 saturated heterocycles. The number of hydrogen-bond acceptors (Lipinski definition) is 6. The molecule has 32 heavy (non-hydrogen) atoms. The number of fused-ring (bicyclic) bond motifs is 1. The quantitative estimate of drug-likeness (QED) is 0.687. The third-order valence-corrected chi connectivity index (χ3v) is 8.55. The van der Waals surface area contributed by atoms with E-state index in [4.69, 9.17) is 4.74 Å². The van der Waals surface area contributed by atoms with Gasteiger partial charge >= 0.3 is 6.09 Å². The van der Waals surface area contributed by atoms with Gasteiger partial charge in [-0.05, 0) is 69.7 Å². The minimum absolute atomic E-state index is 0.0276. The zero-order valence-corrected chi connectivity index (χ0v) is 20.0. The van der Waals surface area contributed by atoms with Crippen LogP contribution in [0.15, 0.2) is 0 Å². The molecule has 3 aliphatic heterocycles. The number of carbonyl (C=O) groups excluding carboxylic acids is 2. The zero-order valence-electron chi connectivity index (χ0n) is 20.0. The lowest BCUT2D eigenvalue weighted by Crippen LogP contribution is -2.67. The predicted molar refractivity (Wildman–Crippen MR) is 122 cm³/mol. The van der Waals surface area contributed by atoms with Crippen molar-refractivity contribution >= 4 is 12.0 Å². The van der Waals surface area contributed by atoms with Gasteiger partial charge in [-0.2, -0.15) is 0 Å². The van der Waals surface area contributed by atoms with Crippen molar-refractivity contribution in [3.05, 3.63) is 0 Å². The number of hydrazine groups is 1. The normalized spacial score (nSPS) is 40.8. The summed E-state index contributed by atoms with van der Waals surface area (Å²) in [6.45, 7) is 10.4. The van der Waals surface area contributed by atoms with Crippen molar-refractivity contribution < 1.29 is 14.3 Å². The number of ether oxygens (including phenoxy) is 1. The van der Waals surface area contributed by atoms with Crippen molar-refractivity contribution in [2.75, 3.05) is 32.7 Å². The summed E-state index contributed by atoms with van der Waals surface area (Å²) < 4.78 is 6.01. The predicted octanol–water partition coefficient (Wildman–Crippen LogP) is 1.81. The van der Waals surface area contributed by atoms with E-state index in [9.17, 15) is 9.59 Å². The molecule has 3 heterocycles. The van der Waals surface area contributed by atoms with Gasteiger partial charge in [0.25, 0.3) is 0 Å². The second-order valence-electron chi connectivity index (χ2n) is 11.1. The molecule has 0 radical (unpaired) electrons. The molecule has 6 unspecified atom stereocenters. The van der Waals surface area contributed by atoms with E-state index in [1.807, 2.05) is 4.90 Å². The number of amides is 2. The fraction of sp³-hybridized carbons (Fsp3) is 0.917. The molecule has 5 fully saturated rings. The molecule has 5 rings (SSSR count). The molecule has 2 saturated carbocycles. The molecular formula is C24H41N5O3. The molecule has 7 atom stereocenters. The van der Waals surface area contributed by atoms with Gasteiger partial charge in [0.05, 0.1) is 12.1 Å². The highest BCUT2D eigenvalue weighted by Gasteiger charge is 2.49. The number of piperazine rings is 1. The van der Waals surface area contributed by atoms with E-state index in [1.54, 1.807) is 6.92 Å². The highest BCUT2D eigenvalue weighted by molar-refractivity contribution is 5.75. The number of nitrogens with zero attached hydrogens (tertiary/aromatic N) is 3. The summed E-state index contributed by atoms with van der Waals surface area (Å²) in [7, 11) is 0. The van der Waals surface area contributed by atoms with E-state index < -0.39 is 0 Å². The van der Waals surface area contributed by atoms with Gasteiger partial charge < -0.3 is 19.9 Å². The van der Waals surface area contributed by atoms with Crippen LogP contribution < -0.4 is 10.7 Å². The highest BCUT2D eigenvalue weighted by Crippen LogP contribution is 2.41. The van der Waals surface area contributed by atoms with Gasteiger partial charge in [0.1, 0.15) is 6.10 Å². The Hall–Kier alpha value is -1.38. The van der Waals surface area contributed by atoms with Crippen LogP contribution in [0.2, 0.25) is 0 Å². The minimum Gasteiger partial charge on any atom is -0.445 e. The molecule has 2 aliphatic carbocycles. The SMILES string of the molecule is CC(=O)N1C2CCC(C3CNN(C4CC4)C3)CC2N(C(=O)OC2CNCC(C)C2)C[C@@H]1C. The third kappa shape index (κ3) is 4.50. The maximum Gasteiger partial charge on any atom is 0.410 e. The zero-order chi connectivity index (χ0) is 22.4. The molecule has 0 aromatic rings. The smallest absolute Gasteiger partial charge is 0.410 e. The summed E-state index contributed by atoms with van der Waals surface area (Å²) >= 11 is 0. The second-order valence-corrected chi connectivity index (χ2v) is 11.1. The lowest BCUT2D eigenvalue weighted by atomic mass is 9.73. The Morgan fingerprint density at radius 3 is 2.44 bits per heavy atom. The number of nitrogens with one attached hydrogen (secondary N) is 2. The van der Waals surface area contributed by atoms with Crippen LogP contribution in [0.25, 0.3) is 0 Å². The molecule has 8 nitrogen and oxygen atoms in total. The van der Waals surface area contributed by atoms with Crippen LogP contribution in [0.5, 0.6) is 0 Å². The van der Waals surface area contributed by atoms with Gasteiger partial charge in [-0.15, -0.1) is 0 Å². The molecule has 0 bridgehead atoms. The Labute approximate surface area is 192 Å². The molecule has 5 aliphatic rings. The monoisotopic (exact) mass is 447 g/mol. The molecule has 8 heteroatoms. The van der Waals surface area contributed by atoms with Crippen LogP contribution in [0, 0.1) is 17.8 Å². The second kappa shape index (κ2) is 9.11. The number of piperidine rings is 1. The van der Waals surface area contributed by atoms with Crippen molar-refractivity contribution in [3.63, 3.8) is 0 Å². The summed E-state index contributed by atoms with van der Waals surface area (Å²) in [6.07, 6.45) is 6.39.